The molecule has 180 valence electrons. The number of aryl methyl sites for hydroxylation is 2. The second-order valence-electron chi connectivity index (χ2n) is 11.4. The van der Waals surface area contributed by atoms with Gasteiger partial charge in [0.15, 0.2) is 0 Å². The molecule has 1 aliphatic heterocycles. The van der Waals surface area contributed by atoms with Crippen LogP contribution in [-0.4, -0.2) is 42.2 Å². The van der Waals surface area contributed by atoms with Gasteiger partial charge in [-0.2, -0.15) is 0 Å². The molecule has 2 heterocycles. The molecule has 2 aliphatic rings. The molecular weight excluding hydrogens is 402 g/mol. The first-order chi connectivity index (χ1) is 15.8. The van der Waals surface area contributed by atoms with Crippen LogP contribution in [0.15, 0.2) is 36.4 Å². The van der Waals surface area contributed by atoms with Crippen LogP contribution < -0.4 is 4.90 Å². The first kappa shape index (κ1) is 24.1. The molecule has 1 saturated heterocycles. The maximum Gasteiger partial charge on any atom is 0.0462 e. The number of allylic oxidation sites excluding steroid dienone is 2. The van der Waals surface area contributed by atoms with Crippen LogP contribution in [0.5, 0.6) is 0 Å². The first-order valence-corrected chi connectivity index (χ1v) is 13.2. The minimum absolute atomic E-state index is 0.390. The summed E-state index contributed by atoms with van der Waals surface area (Å²) in [6, 6.07) is 11.7. The van der Waals surface area contributed by atoms with Gasteiger partial charge in [0.2, 0.25) is 0 Å². The Hall–Kier alpha value is -2.00. The van der Waals surface area contributed by atoms with Crippen molar-refractivity contribution in [3.05, 3.63) is 53.4 Å². The number of anilines is 1. The zero-order valence-corrected chi connectivity index (χ0v) is 22.0. The summed E-state index contributed by atoms with van der Waals surface area (Å²) in [4.78, 5) is 5.29. The molecule has 33 heavy (non-hydrogen) atoms. The van der Waals surface area contributed by atoms with Gasteiger partial charge in [0.05, 0.1) is 0 Å². The van der Waals surface area contributed by atoms with Gasteiger partial charge < -0.3 is 9.47 Å². The van der Waals surface area contributed by atoms with Crippen molar-refractivity contribution in [1.82, 2.24) is 9.47 Å². The minimum Gasteiger partial charge on any atom is -0.368 e. The van der Waals surface area contributed by atoms with E-state index in [1.54, 1.807) is 5.57 Å². The third-order valence-corrected chi connectivity index (χ3v) is 8.03. The van der Waals surface area contributed by atoms with E-state index in [2.05, 4.69) is 92.3 Å². The van der Waals surface area contributed by atoms with Gasteiger partial charge in [-0.3, -0.25) is 4.90 Å². The summed E-state index contributed by atoms with van der Waals surface area (Å²) in [6.45, 7) is 19.8. The lowest BCUT2D eigenvalue weighted by Gasteiger charge is -2.38. The molecule has 1 aliphatic carbocycles. The lowest BCUT2D eigenvalue weighted by molar-refractivity contribution is 0.225. The molecule has 1 atom stereocenters. The van der Waals surface area contributed by atoms with Gasteiger partial charge in [-0.05, 0) is 93.3 Å². The standard InChI is InChI=1S/C30H45N3/c1-7-8-17-31-18-20-32(21-19-31)29-16-15-27(33-23(2)9-10-24(33)3)22-28(29)25-11-13-26(14-12-25)30(4,5)6/h9-11,15-16,22,26H,7-8,12-14,17-21H2,1-6H3. The van der Waals surface area contributed by atoms with Gasteiger partial charge >= 0.3 is 0 Å². The third-order valence-electron chi connectivity index (χ3n) is 8.03. The summed E-state index contributed by atoms with van der Waals surface area (Å²) in [6.07, 6.45) is 8.86. The fourth-order valence-electron chi connectivity index (χ4n) is 5.73. The summed E-state index contributed by atoms with van der Waals surface area (Å²) in [5.41, 5.74) is 8.77. The highest BCUT2D eigenvalue weighted by atomic mass is 15.3. The number of benzene rings is 1. The molecular formula is C30H45N3. The molecule has 0 spiro atoms. The molecule has 1 fully saturated rings. The number of hydrogen-bond donors (Lipinski definition) is 0. The molecule has 0 amide bonds. The first-order valence-electron chi connectivity index (χ1n) is 13.2. The summed E-state index contributed by atoms with van der Waals surface area (Å²) in [5.74, 6) is 0.781. The number of rotatable bonds is 6. The van der Waals surface area contributed by atoms with Crippen molar-refractivity contribution in [2.24, 2.45) is 11.3 Å². The highest BCUT2D eigenvalue weighted by Gasteiger charge is 2.28. The predicted octanol–water partition coefficient (Wildman–Crippen LogP) is 7.25. The number of hydrogen-bond acceptors (Lipinski definition) is 2. The summed E-state index contributed by atoms with van der Waals surface area (Å²) >= 11 is 0. The quantitative estimate of drug-likeness (QED) is 0.462. The third kappa shape index (κ3) is 5.40. The van der Waals surface area contributed by atoms with Crippen molar-refractivity contribution in [3.63, 3.8) is 0 Å². The van der Waals surface area contributed by atoms with Crippen LogP contribution in [0.4, 0.5) is 5.69 Å². The maximum absolute atomic E-state index is 2.65. The Labute approximate surface area is 202 Å². The van der Waals surface area contributed by atoms with Gasteiger partial charge in [0.1, 0.15) is 0 Å². The molecule has 2 aromatic rings. The Morgan fingerprint density at radius 2 is 1.64 bits per heavy atom. The van der Waals surface area contributed by atoms with Gasteiger partial charge in [-0.15, -0.1) is 0 Å². The Bertz CT molecular complexity index is 947. The summed E-state index contributed by atoms with van der Waals surface area (Å²) in [5, 5.41) is 0. The predicted molar refractivity (Wildman–Crippen MR) is 144 cm³/mol. The highest BCUT2D eigenvalue weighted by molar-refractivity contribution is 5.79. The van der Waals surface area contributed by atoms with Crippen LogP contribution in [0.2, 0.25) is 0 Å². The van der Waals surface area contributed by atoms with E-state index in [1.165, 1.54) is 80.1 Å². The molecule has 0 bridgehead atoms. The largest absolute Gasteiger partial charge is 0.368 e. The van der Waals surface area contributed by atoms with Crippen LogP contribution in [0, 0.1) is 25.2 Å². The highest BCUT2D eigenvalue weighted by Crippen LogP contribution is 2.42. The van der Waals surface area contributed by atoms with E-state index in [4.69, 9.17) is 0 Å². The van der Waals surface area contributed by atoms with Crippen molar-refractivity contribution in [2.75, 3.05) is 37.6 Å². The average Bonchev–Trinajstić information content (AvgIpc) is 3.15. The zero-order valence-electron chi connectivity index (χ0n) is 22.0. The number of nitrogens with zero attached hydrogens (tertiary/aromatic N) is 3. The normalized spacial score (nSPS) is 20.2. The monoisotopic (exact) mass is 447 g/mol. The topological polar surface area (TPSA) is 11.4 Å². The van der Waals surface area contributed by atoms with Crippen LogP contribution in [-0.2, 0) is 0 Å². The molecule has 1 aromatic heterocycles. The van der Waals surface area contributed by atoms with Crippen LogP contribution in [0.25, 0.3) is 11.3 Å². The van der Waals surface area contributed by atoms with Crippen molar-refractivity contribution >= 4 is 11.3 Å². The van der Waals surface area contributed by atoms with Crippen LogP contribution in [0.3, 0.4) is 0 Å². The number of unbranched alkanes of at least 4 members (excludes halogenated alkanes) is 1. The molecule has 4 rings (SSSR count). The van der Waals surface area contributed by atoms with Crippen molar-refractivity contribution in [1.29, 1.82) is 0 Å². The second kappa shape index (κ2) is 10.1. The van der Waals surface area contributed by atoms with E-state index in [1.807, 2.05) is 0 Å². The lowest BCUT2D eigenvalue weighted by atomic mass is 9.72. The van der Waals surface area contributed by atoms with E-state index in [9.17, 15) is 0 Å². The van der Waals surface area contributed by atoms with E-state index in [-0.39, 0.29) is 0 Å². The van der Waals surface area contributed by atoms with E-state index >= 15 is 0 Å². The molecule has 0 N–H and O–H groups in total. The zero-order chi connectivity index (χ0) is 23.6. The molecule has 3 heteroatoms. The number of aromatic nitrogens is 1. The maximum atomic E-state index is 2.65. The Morgan fingerprint density at radius 1 is 0.939 bits per heavy atom. The SMILES string of the molecule is CCCCN1CCN(c2ccc(-n3c(C)ccc3C)cc2C2=CCC(C(C)(C)C)CC2)CC1. The summed E-state index contributed by atoms with van der Waals surface area (Å²) in [7, 11) is 0. The molecule has 0 radical (unpaired) electrons. The van der Waals surface area contributed by atoms with Gasteiger partial charge in [-0.1, -0.05) is 40.2 Å². The van der Waals surface area contributed by atoms with Crippen LogP contribution >= 0.6 is 0 Å². The Balaban J connectivity index is 1.65. The summed E-state index contributed by atoms with van der Waals surface area (Å²) < 4.78 is 2.40. The lowest BCUT2D eigenvalue weighted by Crippen LogP contribution is -2.46. The van der Waals surface area contributed by atoms with Crippen LogP contribution in [0.1, 0.15) is 76.8 Å². The van der Waals surface area contributed by atoms with Gasteiger partial charge in [-0.25, -0.2) is 0 Å². The average molecular weight is 448 g/mol. The van der Waals surface area contributed by atoms with Crippen molar-refractivity contribution < 1.29 is 0 Å². The second-order valence-corrected chi connectivity index (χ2v) is 11.4. The molecule has 1 unspecified atom stereocenters. The van der Waals surface area contributed by atoms with E-state index in [0.717, 1.165) is 19.0 Å². The molecule has 3 nitrogen and oxygen atoms in total. The smallest absolute Gasteiger partial charge is 0.0462 e. The fraction of sp³-hybridized carbons (Fsp3) is 0.600. The Morgan fingerprint density at radius 3 is 2.21 bits per heavy atom. The Kier molecular flexibility index (Phi) is 7.38. The van der Waals surface area contributed by atoms with Gasteiger partial charge in [0, 0.05) is 54.5 Å². The van der Waals surface area contributed by atoms with E-state index in [0.29, 0.717) is 5.41 Å². The minimum atomic E-state index is 0.390. The fourth-order valence-corrected chi connectivity index (χ4v) is 5.73. The molecule has 1 aromatic carbocycles. The van der Waals surface area contributed by atoms with Crippen molar-refractivity contribution in [3.8, 4) is 5.69 Å². The molecule has 0 saturated carbocycles. The van der Waals surface area contributed by atoms with E-state index < -0.39 is 0 Å². The van der Waals surface area contributed by atoms with Gasteiger partial charge in [0.25, 0.3) is 0 Å². The van der Waals surface area contributed by atoms with Crippen molar-refractivity contribution in [2.45, 2.75) is 73.6 Å². The number of piperazine rings is 1.